The minimum absolute atomic E-state index is 0.389. The van der Waals surface area contributed by atoms with Crippen molar-refractivity contribution in [2.24, 2.45) is 5.73 Å². The largest absolute Gasteiger partial charge is 0.364 e. The van der Waals surface area contributed by atoms with Crippen molar-refractivity contribution in [2.45, 2.75) is 25.7 Å². The number of primary amides is 1. The SMILES string of the molecule is NC(=O)c1cc2c(cn1)CCCC2. The maximum absolute atomic E-state index is 10.8. The van der Waals surface area contributed by atoms with Gasteiger partial charge in [-0.05, 0) is 42.9 Å². The fraction of sp³-hybridized carbons (Fsp3) is 0.400. The van der Waals surface area contributed by atoms with E-state index in [-0.39, 0.29) is 0 Å². The lowest BCUT2D eigenvalue weighted by Gasteiger charge is -2.14. The number of carbonyl (C=O) groups is 1. The molecule has 68 valence electrons. The predicted molar refractivity (Wildman–Crippen MR) is 49.4 cm³/mol. The second kappa shape index (κ2) is 3.17. The van der Waals surface area contributed by atoms with E-state index in [0.717, 1.165) is 12.8 Å². The number of hydrogen-bond donors (Lipinski definition) is 1. The van der Waals surface area contributed by atoms with Crippen molar-refractivity contribution in [3.63, 3.8) is 0 Å². The molecule has 0 saturated heterocycles. The molecule has 13 heavy (non-hydrogen) atoms. The maximum Gasteiger partial charge on any atom is 0.267 e. The number of fused-ring (bicyclic) bond motifs is 1. The third-order valence-electron chi connectivity index (χ3n) is 2.48. The van der Waals surface area contributed by atoms with Gasteiger partial charge in [0.05, 0.1) is 0 Å². The van der Waals surface area contributed by atoms with Crippen LogP contribution in [0.25, 0.3) is 0 Å². The first-order valence-electron chi connectivity index (χ1n) is 4.55. The van der Waals surface area contributed by atoms with Gasteiger partial charge in [-0.15, -0.1) is 0 Å². The van der Waals surface area contributed by atoms with Gasteiger partial charge >= 0.3 is 0 Å². The summed E-state index contributed by atoms with van der Waals surface area (Å²) in [7, 11) is 0. The van der Waals surface area contributed by atoms with Crippen LogP contribution in [0, 0.1) is 0 Å². The molecule has 0 bridgehead atoms. The first-order valence-corrected chi connectivity index (χ1v) is 4.55. The second-order valence-electron chi connectivity index (χ2n) is 3.41. The summed E-state index contributed by atoms with van der Waals surface area (Å²) in [6, 6.07) is 1.83. The van der Waals surface area contributed by atoms with Crippen LogP contribution in [0.3, 0.4) is 0 Å². The van der Waals surface area contributed by atoms with Crippen LogP contribution in [0.15, 0.2) is 12.3 Å². The second-order valence-corrected chi connectivity index (χ2v) is 3.41. The van der Waals surface area contributed by atoms with E-state index in [4.69, 9.17) is 5.73 Å². The minimum Gasteiger partial charge on any atom is -0.364 e. The minimum atomic E-state index is -0.437. The molecule has 1 aliphatic carbocycles. The summed E-state index contributed by atoms with van der Waals surface area (Å²) < 4.78 is 0. The summed E-state index contributed by atoms with van der Waals surface area (Å²) in [5.41, 5.74) is 8.05. The van der Waals surface area contributed by atoms with Gasteiger partial charge in [0, 0.05) is 6.20 Å². The van der Waals surface area contributed by atoms with Gasteiger partial charge in [0.25, 0.3) is 5.91 Å². The van der Waals surface area contributed by atoms with Crippen molar-refractivity contribution >= 4 is 5.91 Å². The highest BCUT2D eigenvalue weighted by atomic mass is 16.1. The number of carbonyl (C=O) groups excluding carboxylic acids is 1. The quantitative estimate of drug-likeness (QED) is 0.695. The lowest BCUT2D eigenvalue weighted by molar-refractivity contribution is 0.0995. The Morgan fingerprint density at radius 2 is 2.00 bits per heavy atom. The Hall–Kier alpha value is -1.38. The maximum atomic E-state index is 10.8. The molecule has 2 rings (SSSR count). The molecule has 1 amide bonds. The van der Waals surface area contributed by atoms with E-state index < -0.39 is 5.91 Å². The van der Waals surface area contributed by atoms with Gasteiger partial charge in [-0.25, -0.2) is 0 Å². The molecule has 0 radical (unpaired) electrons. The van der Waals surface area contributed by atoms with Crippen molar-refractivity contribution in [1.29, 1.82) is 0 Å². The molecule has 0 aliphatic heterocycles. The molecular weight excluding hydrogens is 164 g/mol. The number of hydrogen-bond acceptors (Lipinski definition) is 2. The van der Waals surface area contributed by atoms with Crippen molar-refractivity contribution in [3.05, 3.63) is 29.1 Å². The fourth-order valence-electron chi connectivity index (χ4n) is 1.75. The van der Waals surface area contributed by atoms with E-state index in [0.29, 0.717) is 5.69 Å². The smallest absolute Gasteiger partial charge is 0.267 e. The summed E-state index contributed by atoms with van der Waals surface area (Å²) in [5.74, 6) is -0.437. The molecule has 1 heterocycles. The van der Waals surface area contributed by atoms with Gasteiger partial charge in [0.2, 0.25) is 0 Å². The molecule has 0 atom stereocenters. The summed E-state index contributed by atoms with van der Waals surface area (Å²) in [4.78, 5) is 14.9. The zero-order chi connectivity index (χ0) is 9.26. The number of aromatic nitrogens is 1. The van der Waals surface area contributed by atoms with Gasteiger partial charge in [0.1, 0.15) is 5.69 Å². The van der Waals surface area contributed by atoms with Gasteiger partial charge in [-0.2, -0.15) is 0 Å². The van der Waals surface area contributed by atoms with Crippen molar-refractivity contribution < 1.29 is 4.79 Å². The zero-order valence-electron chi connectivity index (χ0n) is 7.42. The van der Waals surface area contributed by atoms with Crippen LogP contribution in [0.5, 0.6) is 0 Å². The Kier molecular flexibility index (Phi) is 2.00. The van der Waals surface area contributed by atoms with Crippen LogP contribution in [0.2, 0.25) is 0 Å². The number of nitrogens with zero attached hydrogens (tertiary/aromatic N) is 1. The predicted octanol–water partition coefficient (Wildman–Crippen LogP) is 1.06. The molecule has 1 aromatic rings. The van der Waals surface area contributed by atoms with E-state index in [1.807, 2.05) is 6.07 Å². The van der Waals surface area contributed by atoms with Gasteiger partial charge in [-0.1, -0.05) is 0 Å². The van der Waals surface area contributed by atoms with Crippen molar-refractivity contribution in [3.8, 4) is 0 Å². The normalized spacial score (nSPS) is 15.1. The van der Waals surface area contributed by atoms with E-state index in [9.17, 15) is 4.79 Å². The summed E-state index contributed by atoms with van der Waals surface area (Å²) in [5, 5.41) is 0. The van der Waals surface area contributed by atoms with Crippen LogP contribution >= 0.6 is 0 Å². The van der Waals surface area contributed by atoms with Crippen LogP contribution in [-0.4, -0.2) is 10.9 Å². The van der Waals surface area contributed by atoms with E-state index in [1.165, 1.54) is 24.0 Å². The molecule has 2 N–H and O–H groups in total. The van der Waals surface area contributed by atoms with Gasteiger partial charge in [0.15, 0.2) is 0 Å². The topological polar surface area (TPSA) is 56.0 Å². The first-order chi connectivity index (χ1) is 6.27. The summed E-state index contributed by atoms with van der Waals surface area (Å²) in [6.07, 6.45) is 6.36. The molecule has 0 saturated carbocycles. The van der Waals surface area contributed by atoms with Crippen LogP contribution in [-0.2, 0) is 12.8 Å². The Balaban J connectivity index is 2.40. The third kappa shape index (κ3) is 1.54. The summed E-state index contributed by atoms with van der Waals surface area (Å²) in [6.45, 7) is 0. The Morgan fingerprint density at radius 3 is 2.69 bits per heavy atom. The highest BCUT2D eigenvalue weighted by Crippen LogP contribution is 2.20. The van der Waals surface area contributed by atoms with Crippen LogP contribution in [0.1, 0.15) is 34.5 Å². The van der Waals surface area contributed by atoms with Crippen molar-refractivity contribution in [1.82, 2.24) is 4.98 Å². The van der Waals surface area contributed by atoms with Crippen LogP contribution in [0.4, 0.5) is 0 Å². The number of aryl methyl sites for hydroxylation is 2. The Labute approximate surface area is 77.0 Å². The number of rotatable bonds is 1. The van der Waals surface area contributed by atoms with E-state index in [1.54, 1.807) is 6.20 Å². The molecule has 3 heteroatoms. The molecule has 0 unspecified atom stereocenters. The lowest BCUT2D eigenvalue weighted by atomic mass is 9.93. The monoisotopic (exact) mass is 176 g/mol. The number of pyridine rings is 1. The highest BCUT2D eigenvalue weighted by molar-refractivity contribution is 5.90. The summed E-state index contributed by atoms with van der Waals surface area (Å²) >= 11 is 0. The fourth-order valence-corrected chi connectivity index (χ4v) is 1.75. The molecule has 0 aromatic carbocycles. The number of amides is 1. The lowest BCUT2D eigenvalue weighted by Crippen LogP contribution is -2.15. The zero-order valence-corrected chi connectivity index (χ0v) is 7.42. The molecular formula is C10H12N2O. The Morgan fingerprint density at radius 1 is 1.31 bits per heavy atom. The molecule has 0 spiro atoms. The molecule has 1 aliphatic rings. The molecule has 0 fully saturated rings. The van der Waals surface area contributed by atoms with E-state index >= 15 is 0 Å². The first kappa shape index (κ1) is 8.23. The van der Waals surface area contributed by atoms with Gasteiger partial charge < -0.3 is 5.73 Å². The average molecular weight is 176 g/mol. The molecule has 1 aromatic heterocycles. The molecule has 3 nitrogen and oxygen atoms in total. The highest BCUT2D eigenvalue weighted by Gasteiger charge is 2.11. The average Bonchev–Trinajstić information content (AvgIpc) is 2.17. The van der Waals surface area contributed by atoms with Crippen LogP contribution < -0.4 is 5.73 Å². The van der Waals surface area contributed by atoms with Crippen molar-refractivity contribution in [2.75, 3.05) is 0 Å². The standard InChI is InChI=1S/C10H12N2O/c11-10(13)9-5-7-3-1-2-4-8(7)6-12-9/h5-6H,1-4H2,(H2,11,13). The van der Waals surface area contributed by atoms with Gasteiger partial charge in [-0.3, -0.25) is 9.78 Å². The Bertz CT molecular complexity index is 347. The van der Waals surface area contributed by atoms with E-state index in [2.05, 4.69) is 4.98 Å². The third-order valence-corrected chi connectivity index (χ3v) is 2.48. The number of nitrogens with two attached hydrogens (primary N) is 1.